The first kappa shape index (κ1) is 13.8. The number of fused-ring (bicyclic) bond motifs is 1. The van der Waals surface area contributed by atoms with Gasteiger partial charge in [-0.3, -0.25) is 9.67 Å². The number of pyridine rings is 1. The minimum atomic E-state index is 0.790. The molecule has 0 radical (unpaired) electrons. The summed E-state index contributed by atoms with van der Waals surface area (Å²) in [6, 6.07) is 7.98. The number of rotatable bonds is 4. The fourth-order valence-corrected chi connectivity index (χ4v) is 2.80. The molecule has 0 spiro atoms. The Morgan fingerprint density at radius 2 is 2.05 bits per heavy atom. The fraction of sp³-hybridized carbons (Fsp3) is 0.200. The van der Waals surface area contributed by atoms with E-state index >= 15 is 0 Å². The van der Waals surface area contributed by atoms with Crippen molar-refractivity contribution in [1.29, 1.82) is 0 Å². The quantitative estimate of drug-likeness (QED) is 0.748. The first-order chi connectivity index (χ1) is 10.2. The maximum absolute atomic E-state index is 5.45. The highest BCUT2D eigenvalue weighted by atomic mass is 32.2. The predicted molar refractivity (Wildman–Crippen MR) is 85.7 cm³/mol. The second-order valence-corrected chi connectivity index (χ2v) is 5.57. The Balaban J connectivity index is 1.95. The highest BCUT2D eigenvalue weighted by Crippen LogP contribution is 2.35. The van der Waals surface area contributed by atoms with E-state index in [1.54, 1.807) is 7.11 Å². The number of aromatic nitrogens is 3. The van der Waals surface area contributed by atoms with Crippen molar-refractivity contribution in [3.05, 3.63) is 42.4 Å². The summed E-state index contributed by atoms with van der Waals surface area (Å²) in [5, 5.41) is 5.37. The first-order valence-corrected chi connectivity index (χ1v) is 7.35. The van der Waals surface area contributed by atoms with Crippen LogP contribution in [0.4, 0.5) is 5.69 Å². The highest BCUT2D eigenvalue weighted by Gasteiger charge is 2.12. The van der Waals surface area contributed by atoms with Gasteiger partial charge in [0, 0.05) is 29.2 Å². The molecular weight excluding hydrogens is 284 g/mol. The van der Waals surface area contributed by atoms with Gasteiger partial charge in [-0.2, -0.15) is 5.10 Å². The third-order valence-electron chi connectivity index (χ3n) is 3.24. The molecule has 2 heterocycles. The molecule has 108 valence electrons. The van der Waals surface area contributed by atoms with Gasteiger partial charge in [-0.25, -0.2) is 0 Å². The van der Waals surface area contributed by atoms with Gasteiger partial charge in [0.25, 0.3) is 0 Å². The zero-order chi connectivity index (χ0) is 14.8. The number of methoxy groups -OCH3 is 1. The standard InChI is InChI=1S/C15H16N4OS/c1-10-4-6-12(9-16-10)21-18-14-13(20-3)7-5-11-8-17-19(2)15(11)14/h4-9,18H,1-3H3. The van der Waals surface area contributed by atoms with Gasteiger partial charge >= 0.3 is 0 Å². The van der Waals surface area contributed by atoms with Crippen molar-refractivity contribution < 1.29 is 4.74 Å². The van der Waals surface area contributed by atoms with E-state index in [0.29, 0.717) is 0 Å². The van der Waals surface area contributed by atoms with E-state index < -0.39 is 0 Å². The van der Waals surface area contributed by atoms with E-state index in [4.69, 9.17) is 4.74 Å². The molecule has 21 heavy (non-hydrogen) atoms. The van der Waals surface area contributed by atoms with E-state index in [2.05, 4.69) is 14.8 Å². The van der Waals surface area contributed by atoms with Crippen molar-refractivity contribution >= 4 is 28.5 Å². The number of hydrogen-bond acceptors (Lipinski definition) is 5. The number of hydrogen-bond donors (Lipinski definition) is 1. The molecule has 3 aromatic rings. The molecule has 1 aromatic carbocycles. The zero-order valence-electron chi connectivity index (χ0n) is 12.1. The minimum absolute atomic E-state index is 0.790. The van der Waals surface area contributed by atoms with Crippen molar-refractivity contribution in [2.45, 2.75) is 11.8 Å². The second kappa shape index (κ2) is 5.65. The van der Waals surface area contributed by atoms with Crippen LogP contribution >= 0.6 is 11.9 Å². The van der Waals surface area contributed by atoms with E-state index in [-0.39, 0.29) is 0 Å². The fourth-order valence-electron chi connectivity index (χ4n) is 2.14. The molecule has 0 aliphatic rings. The summed E-state index contributed by atoms with van der Waals surface area (Å²) in [6.45, 7) is 1.97. The largest absolute Gasteiger partial charge is 0.494 e. The van der Waals surface area contributed by atoms with Gasteiger partial charge in [0.1, 0.15) is 11.4 Å². The Morgan fingerprint density at radius 3 is 2.76 bits per heavy atom. The molecule has 5 nitrogen and oxygen atoms in total. The van der Waals surface area contributed by atoms with Gasteiger partial charge in [-0.1, -0.05) is 0 Å². The van der Waals surface area contributed by atoms with E-state index in [9.17, 15) is 0 Å². The van der Waals surface area contributed by atoms with Crippen LogP contribution in [-0.2, 0) is 7.05 Å². The molecular formula is C15H16N4OS. The van der Waals surface area contributed by atoms with Crippen molar-refractivity contribution in [1.82, 2.24) is 14.8 Å². The minimum Gasteiger partial charge on any atom is -0.494 e. The van der Waals surface area contributed by atoms with Crippen LogP contribution in [0.15, 0.2) is 41.6 Å². The van der Waals surface area contributed by atoms with Crippen LogP contribution < -0.4 is 9.46 Å². The third kappa shape index (κ3) is 2.67. The van der Waals surface area contributed by atoms with Crippen molar-refractivity contribution in [2.75, 3.05) is 11.8 Å². The van der Waals surface area contributed by atoms with Gasteiger partial charge in [0.2, 0.25) is 0 Å². The van der Waals surface area contributed by atoms with Crippen LogP contribution in [0.3, 0.4) is 0 Å². The zero-order valence-corrected chi connectivity index (χ0v) is 12.9. The van der Waals surface area contributed by atoms with E-state index in [0.717, 1.165) is 32.9 Å². The summed E-state index contributed by atoms with van der Waals surface area (Å²) in [4.78, 5) is 5.34. The molecule has 3 rings (SSSR count). The lowest BCUT2D eigenvalue weighted by Crippen LogP contribution is -1.98. The van der Waals surface area contributed by atoms with Gasteiger partial charge in [0.05, 0.1) is 18.8 Å². The lowest BCUT2D eigenvalue weighted by atomic mass is 10.2. The first-order valence-electron chi connectivity index (χ1n) is 6.53. The van der Waals surface area contributed by atoms with Crippen molar-refractivity contribution in [3.63, 3.8) is 0 Å². The summed E-state index contributed by atoms with van der Waals surface area (Å²) < 4.78 is 10.7. The molecule has 0 saturated heterocycles. The number of nitrogens with zero attached hydrogens (tertiary/aromatic N) is 3. The SMILES string of the molecule is COc1ccc2cnn(C)c2c1NSc1ccc(C)nc1. The van der Waals surface area contributed by atoms with Crippen LogP contribution in [0.5, 0.6) is 5.75 Å². The Hall–Kier alpha value is -2.21. The van der Waals surface area contributed by atoms with Crippen LogP contribution in [0.25, 0.3) is 10.9 Å². The molecule has 0 amide bonds. The summed E-state index contributed by atoms with van der Waals surface area (Å²) >= 11 is 1.51. The summed E-state index contributed by atoms with van der Waals surface area (Å²) in [6.07, 6.45) is 3.70. The summed E-state index contributed by atoms with van der Waals surface area (Å²) in [5.41, 5.74) is 2.94. The van der Waals surface area contributed by atoms with Gasteiger partial charge < -0.3 is 9.46 Å². The Kier molecular flexibility index (Phi) is 3.70. The molecule has 2 aromatic heterocycles. The smallest absolute Gasteiger partial charge is 0.145 e. The molecule has 0 saturated carbocycles. The molecule has 1 N–H and O–H groups in total. The predicted octanol–water partition coefficient (Wildman–Crippen LogP) is 3.40. The Morgan fingerprint density at radius 1 is 1.19 bits per heavy atom. The van der Waals surface area contributed by atoms with Crippen LogP contribution in [0.1, 0.15) is 5.69 Å². The molecule has 6 heteroatoms. The molecule has 0 unspecified atom stereocenters. The van der Waals surface area contributed by atoms with Crippen LogP contribution in [0.2, 0.25) is 0 Å². The molecule has 0 fully saturated rings. The number of ether oxygens (including phenoxy) is 1. The number of nitrogens with one attached hydrogen (secondary N) is 1. The maximum atomic E-state index is 5.45. The number of anilines is 1. The van der Waals surface area contributed by atoms with E-state index in [1.807, 2.05) is 55.3 Å². The number of benzene rings is 1. The topological polar surface area (TPSA) is 52.0 Å². The lowest BCUT2D eigenvalue weighted by Gasteiger charge is -2.12. The van der Waals surface area contributed by atoms with Gasteiger partial charge in [-0.15, -0.1) is 0 Å². The monoisotopic (exact) mass is 300 g/mol. The Labute approximate surface area is 127 Å². The second-order valence-electron chi connectivity index (χ2n) is 4.69. The third-order valence-corrected chi connectivity index (χ3v) is 4.02. The van der Waals surface area contributed by atoms with Crippen molar-refractivity contribution in [2.24, 2.45) is 7.05 Å². The van der Waals surface area contributed by atoms with Gasteiger partial charge in [-0.05, 0) is 43.1 Å². The van der Waals surface area contributed by atoms with Crippen molar-refractivity contribution in [3.8, 4) is 5.75 Å². The highest BCUT2D eigenvalue weighted by molar-refractivity contribution is 8.00. The van der Waals surface area contributed by atoms with Crippen LogP contribution in [0, 0.1) is 6.92 Å². The van der Waals surface area contributed by atoms with E-state index in [1.165, 1.54) is 11.9 Å². The normalized spacial score (nSPS) is 10.8. The molecule has 0 atom stereocenters. The Bertz CT molecular complexity index is 767. The summed E-state index contributed by atoms with van der Waals surface area (Å²) in [5.74, 6) is 0.790. The lowest BCUT2D eigenvalue weighted by molar-refractivity contribution is 0.417. The number of aryl methyl sites for hydroxylation is 2. The average Bonchev–Trinajstić information content (AvgIpc) is 2.88. The average molecular weight is 300 g/mol. The molecule has 0 bridgehead atoms. The van der Waals surface area contributed by atoms with Gasteiger partial charge in [0.15, 0.2) is 0 Å². The molecule has 0 aliphatic carbocycles. The summed E-state index contributed by atoms with van der Waals surface area (Å²) in [7, 11) is 3.59. The van der Waals surface area contributed by atoms with Crippen LogP contribution in [-0.4, -0.2) is 21.9 Å². The maximum Gasteiger partial charge on any atom is 0.145 e. The molecule has 0 aliphatic heterocycles.